The van der Waals surface area contributed by atoms with Crippen molar-refractivity contribution in [2.24, 2.45) is 0 Å². The van der Waals surface area contributed by atoms with Crippen LogP contribution < -0.4 is 10.6 Å². The van der Waals surface area contributed by atoms with Gasteiger partial charge >= 0.3 is 0 Å². The van der Waals surface area contributed by atoms with E-state index in [2.05, 4.69) is 25.8 Å². The molecule has 1 saturated heterocycles. The molecule has 0 bridgehead atoms. The summed E-state index contributed by atoms with van der Waals surface area (Å²) in [6.07, 6.45) is 0. The number of amides is 1. The average Bonchev–Trinajstić information content (AvgIpc) is 2.95. The van der Waals surface area contributed by atoms with E-state index < -0.39 is 0 Å². The number of hydrogen-bond donors (Lipinski definition) is 3. The minimum absolute atomic E-state index is 0.116. The zero-order chi connectivity index (χ0) is 14.7. The van der Waals surface area contributed by atoms with Gasteiger partial charge in [0.25, 0.3) is 0 Å². The van der Waals surface area contributed by atoms with Gasteiger partial charge in [0.1, 0.15) is 11.9 Å². The molecule has 1 aromatic heterocycles. The molecule has 1 aromatic carbocycles. The summed E-state index contributed by atoms with van der Waals surface area (Å²) >= 11 is 0. The van der Waals surface area contributed by atoms with Crippen molar-refractivity contribution < 1.29 is 9.53 Å². The molecule has 1 amide bonds. The SMILES string of the molecule is Cc1nc(-c2ccccc2NC(=O)C2COCCN2)n[nH]1. The molecule has 3 N–H and O–H groups in total. The number of rotatable bonds is 3. The second-order valence-electron chi connectivity index (χ2n) is 4.86. The van der Waals surface area contributed by atoms with E-state index in [0.717, 1.165) is 11.4 Å². The lowest BCUT2D eigenvalue weighted by Crippen LogP contribution is -2.48. The fourth-order valence-electron chi connectivity index (χ4n) is 2.20. The summed E-state index contributed by atoms with van der Waals surface area (Å²) in [6.45, 7) is 3.53. The average molecular weight is 287 g/mol. The van der Waals surface area contributed by atoms with Gasteiger partial charge < -0.3 is 15.4 Å². The van der Waals surface area contributed by atoms with E-state index in [0.29, 0.717) is 31.3 Å². The summed E-state index contributed by atoms with van der Waals surface area (Å²) in [5, 5.41) is 13.0. The summed E-state index contributed by atoms with van der Waals surface area (Å²) in [5.74, 6) is 1.18. The molecular formula is C14H17N5O2. The standard InChI is InChI=1S/C14H17N5O2/c1-9-16-13(19-18-9)10-4-2-3-5-11(10)17-14(20)12-8-21-7-6-15-12/h2-5,12,15H,6-8H2,1H3,(H,17,20)(H,16,18,19). The number of benzene rings is 1. The second kappa shape index (κ2) is 6.02. The van der Waals surface area contributed by atoms with Gasteiger partial charge in [0, 0.05) is 12.1 Å². The molecule has 0 spiro atoms. The largest absolute Gasteiger partial charge is 0.378 e. The van der Waals surface area contributed by atoms with Crippen molar-refractivity contribution in [3.05, 3.63) is 30.1 Å². The third-order valence-corrected chi connectivity index (χ3v) is 3.26. The monoisotopic (exact) mass is 287 g/mol. The van der Waals surface area contributed by atoms with E-state index in [1.54, 1.807) is 0 Å². The van der Waals surface area contributed by atoms with Gasteiger partial charge in [-0.25, -0.2) is 4.98 Å². The number of anilines is 1. The van der Waals surface area contributed by atoms with Crippen LogP contribution in [0.1, 0.15) is 5.82 Å². The van der Waals surface area contributed by atoms with Gasteiger partial charge in [0.2, 0.25) is 5.91 Å². The molecule has 0 saturated carbocycles. The third-order valence-electron chi connectivity index (χ3n) is 3.26. The fourth-order valence-corrected chi connectivity index (χ4v) is 2.20. The molecule has 0 aliphatic carbocycles. The Labute approximate surface area is 122 Å². The Bertz CT molecular complexity index is 634. The highest BCUT2D eigenvalue weighted by Gasteiger charge is 2.22. The zero-order valence-corrected chi connectivity index (χ0v) is 11.7. The van der Waals surface area contributed by atoms with Crippen LogP contribution in [0.5, 0.6) is 0 Å². The molecule has 2 heterocycles. The maximum absolute atomic E-state index is 12.3. The molecule has 21 heavy (non-hydrogen) atoms. The van der Waals surface area contributed by atoms with Crippen molar-refractivity contribution in [2.75, 3.05) is 25.1 Å². The van der Waals surface area contributed by atoms with Gasteiger partial charge in [-0.05, 0) is 19.1 Å². The first kappa shape index (κ1) is 13.7. The molecule has 3 rings (SSSR count). The third kappa shape index (κ3) is 3.09. The molecule has 110 valence electrons. The molecule has 1 atom stereocenters. The molecule has 0 radical (unpaired) electrons. The number of H-pyrrole nitrogens is 1. The van der Waals surface area contributed by atoms with Gasteiger partial charge in [-0.1, -0.05) is 12.1 Å². The smallest absolute Gasteiger partial charge is 0.243 e. The van der Waals surface area contributed by atoms with E-state index in [4.69, 9.17) is 4.74 Å². The van der Waals surface area contributed by atoms with Crippen LogP contribution >= 0.6 is 0 Å². The van der Waals surface area contributed by atoms with E-state index in [1.807, 2.05) is 31.2 Å². The van der Waals surface area contributed by atoms with Crippen LogP contribution in [0.4, 0.5) is 5.69 Å². The Kier molecular flexibility index (Phi) is 3.94. The lowest BCUT2D eigenvalue weighted by Gasteiger charge is -2.23. The molecule has 1 unspecified atom stereocenters. The van der Waals surface area contributed by atoms with Crippen LogP contribution in [0, 0.1) is 6.92 Å². The Hall–Kier alpha value is -2.25. The van der Waals surface area contributed by atoms with E-state index >= 15 is 0 Å². The Balaban J connectivity index is 1.80. The number of hydrogen-bond acceptors (Lipinski definition) is 5. The number of aromatic nitrogens is 3. The predicted octanol–water partition coefficient (Wildman–Crippen LogP) is 0.707. The predicted molar refractivity (Wildman–Crippen MR) is 77.8 cm³/mol. The Morgan fingerprint density at radius 1 is 1.43 bits per heavy atom. The number of nitrogens with zero attached hydrogens (tertiary/aromatic N) is 2. The van der Waals surface area contributed by atoms with Crippen LogP contribution in [-0.2, 0) is 9.53 Å². The molecule has 1 aliphatic heterocycles. The van der Waals surface area contributed by atoms with Gasteiger partial charge in [0.05, 0.1) is 18.9 Å². The number of ether oxygens (including phenoxy) is 1. The minimum Gasteiger partial charge on any atom is -0.378 e. The number of aromatic amines is 1. The van der Waals surface area contributed by atoms with E-state index in [-0.39, 0.29) is 11.9 Å². The number of aryl methyl sites for hydroxylation is 1. The lowest BCUT2D eigenvalue weighted by atomic mass is 10.1. The maximum atomic E-state index is 12.3. The summed E-state index contributed by atoms with van der Waals surface area (Å²) in [6, 6.07) is 7.13. The normalized spacial score (nSPS) is 18.4. The van der Waals surface area contributed by atoms with Crippen molar-refractivity contribution >= 4 is 11.6 Å². The summed E-state index contributed by atoms with van der Waals surface area (Å²) < 4.78 is 5.31. The molecule has 2 aromatic rings. The maximum Gasteiger partial charge on any atom is 0.243 e. The summed E-state index contributed by atoms with van der Waals surface area (Å²) in [7, 11) is 0. The van der Waals surface area contributed by atoms with Crippen LogP contribution in [0.2, 0.25) is 0 Å². The summed E-state index contributed by atoms with van der Waals surface area (Å²) in [5.41, 5.74) is 1.47. The van der Waals surface area contributed by atoms with Crippen molar-refractivity contribution in [1.29, 1.82) is 0 Å². The summed E-state index contributed by atoms with van der Waals surface area (Å²) in [4.78, 5) is 16.6. The number of morpholine rings is 1. The highest BCUT2D eigenvalue weighted by atomic mass is 16.5. The topological polar surface area (TPSA) is 91.9 Å². The highest BCUT2D eigenvalue weighted by molar-refractivity contribution is 5.98. The first-order valence-electron chi connectivity index (χ1n) is 6.84. The quantitative estimate of drug-likeness (QED) is 0.773. The van der Waals surface area contributed by atoms with E-state index in [1.165, 1.54) is 0 Å². The number of carbonyl (C=O) groups excluding carboxylic acids is 1. The lowest BCUT2D eigenvalue weighted by molar-refractivity contribution is -0.120. The van der Waals surface area contributed by atoms with Crippen molar-refractivity contribution in [1.82, 2.24) is 20.5 Å². The highest BCUT2D eigenvalue weighted by Crippen LogP contribution is 2.24. The number of para-hydroxylation sites is 1. The molecule has 1 fully saturated rings. The van der Waals surface area contributed by atoms with Gasteiger partial charge in [-0.3, -0.25) is 9.89 Å². The zero-order valence-electron chi connectivity index (χ0n) is 11.7. The van der Waals surface area contributed by atoms with Gasteiger partial charge in [-0.15, -0.1) is 0 Å². The molecule has 7 nitrogen and oxygen atoms in total. The van der Waals surface area contributed by atoms with E-state index in [9.17, 15) is 4.79 Å². The minimum atomic E-state index is -0.333. The Morgan fingerprint density at radius 3 is 3.00 bits per heavy atom. The number of nitrogens with one attached hydrogen (secondary N) is 3. The molecule has 1 aliphatic rings. The van der Waals surface area contributed by atoms with Crippen LogP contribution in [0.15, 0.2) is 24.3 Å². The first-order valence-corrected chi connectivity index (χ1v) is 6.84. The second-order valence-corrected chi connectivity index (χ2v) is 4.86. The molecular weight excluding hydrogens is 270 g/mol. The van der Waals surface area contributed by atoms with Crippen molar-refractivity contribution in [3.63, 3.8) is 0 Å². The first-order chi connectivity index (χ1) is 10.2. The van der Waals surface area contributed by atoms with Gasteiger partial charge in [-0.2, -0.15) is 5.10 Å². The van der Waals surface area contributed by atoms with Crippen molar-refractivity contribution in [3.8, 4) is 11.4 Å². The Morgan fingerprint density at radius 2 is 2.29 bits per heavy atom. The number of carbonyl (C=O) groups is 1. The van der Waals surface area contributed by atoms with Crippen LogP contribution in [0.3, 0.4) is 0 Å². The van der Waals surface area contributed by atoms with Gasteiger partial charge in [0.15, 0.2) is 5.82 Å². The van der Waals surface area contributed by atoms with Crippen LogP contribution in [-0.4, -0.2) is 46.9 Å². The fraction of sp³-hybridized carbons (Fsp3) is 0.357. The van der Waals surface area contributed by atoms with Crippen molar-refractivity contribution in [2.45, 2.75) is 13.0 Å². The molecule has 7 heteroatoms. The van der Waals surface area contributed by atoms with Crippen LogP contribution in [0.25, 0.3) is 11.4 Å².